The summed E-state index contributed by atoms with van der Waals surface area (Å²) in [5.74, 6) is 0.504. The summed E-state index contributed by atoms with van der Waals surface area (Å²) in [6.07, 6.45) is 3.97. The molecule has 32 heavy (non-hydrogen) atoms. The smallest absolute Gasteiger partial charge is 0.312 e. The number of hydrogen-bond donors (Lipinski definition) is 3. The fraction of sp³-hybridized carbons (Fsp3) is 0.158. The Kier molecular flexibility index (Phi) is 4.98. The molecule has 0 spiro atoms. The van der Waals surface area contributed by atoms with E-state index in [-0.39, 0.29) is 32.4 Å². The first kappa shape index (κ1) is 20.3. The van der Waals surface area contributed by atoms with Crippen LogP contribution in [0, 0.1) is 6.08 Å². The van der Waals surface area contributed by atoms with Crippen molar-refractivity contribution in [1.29, 1.82) is 0 Å². The van der Waals surface area contributed by atoms with Crippen LogP contribution in [0.2, 0.25) is 10.0 Å². The number of nitrogens with zero attached hydrogens (tertiary/aromatic N) is 6. The fourth-order valence-electron chi connectivity index (χ4n) is 3.51. The molecule has 13 heteroatoms. The molecule has 0 aliphatic rings. The predicted molar refractivity (Wildman–Crippen MR) is 118 cm³/mol. The summed E-state index contributed by atoms with van der Waals surface area (Å²) in [6, 6.07) is 2.55. The molecule has 0 amide bonds. The molecule has 162 valence electrons. The number of imidazole rings is 1. The highest BCUT2D eigenvalue weighted by Gasteiger charge is 2.24. The van der Waals surface area contributed by atoms with Crippen molar-refractivity contribution in [3.63, 3.8) is 0 Å². The van der Waals surface area contributed by atoms with Crippen LogP contribution in [0.3, 0.4) is 0 Å². The molecular weight excluding hydrogens is 460 g/mol. The molecule has 0 aliphatic heterocycles. The molecule has 0 saturated heterocycles. The van der Waals surface area contributed by atoms with E-state index in [4.69, 9.17) is 23.2 Å². The van der Waals surface area contributed by atoms with Crippen LogP contribution in [0.1, 0.15) is 25.2 Å². The van der Waals surface area contributed by atoms with E-state index >= 15 is 0 Å². The summed E-state index contributed by atoms with van der Waals surface area (Å²) in [5, 5.41) is 10.5. The minimum absolute atomic E-state index is 0.170. The molecule has 5 rings (SSSR count). The van der Waals surface area contributed by atoms with Gasteiger partial charge in [0.15, 0.2) is 11.5 Å². The van der Waals surface area contributed by atoms with Gasteiger partial charge in [0.05, 0.1) is 45.2 Å². The maximum atomic E-state index is 14.0. The van der Waals surface area contributed by atoms with Gasteiger partial charge in [-0.1, -0.05) is 30.1 Å². The second-order valence-corrected chi connectivity index (χ2v) is 7.68. The lowest BCUT2D eigenvalue weighted by molar-refractivity contribution is 0.543. The molecule has 0 bridgehead atoms. The van der Waals surface area contributed by atoms with Crippen LogP contribution in [-0.2, 0) is 0 Å². The van der Waals surface area contributed by atoms with Crippen molar-refractivity contribution >= 4 is 51.1 Å². The van der Waals surface area contributed by atoms with Crippen LogP contribution in [-0.4, -0.2) is 39.7 Å². The first-order chi connectivity index (χ1) is 15.5. The Labute approximate surface area is 188 Å². The third-order valence-electron chi connectivity index (χ3n) is 4.98. The fourth-order valence-corrected chi connectivity index (χ4v) is 3.94. The van der Waals surface area contributed by atoms with Crippen LogP contribution in [0.5, 0.6) is 0 Å². The molecule has 1 atom stereocenters. The van der Waals surface area contributed by atoms with Gasteiger partial charge in [-0.15, -0.1) is 0 Å². The molecule has 0 fully saturated rings. The Morgan fingerprint density at radius 2 is 2.03 bits per heavy atom. The molecule has 5 aromatic rings. The number of hydrogen-bond acceptors (Lipinski definition) is 7. The zero-order valence-corrected chi connectivity index (χ0v) is 17.9. The molecule has 1 unspecified atom stereocenters. The third-order valence-corrected chi connectivity index (χ3v) is 5.60. The number of aromatic amines is 2. The number of benzene rings is 1. The molecular formula is C19H14Cl2FN9O. The van der Waals surface area contributed by atoms with E-state index in [1.807, 2.05) is 6.92 Å². The lowest BCUT2D eigenvalue weighted by Crippen LogP contribution is -2.28. The van der Waals surface area contributed by atoms with Gasteiger partial charge in [-0.2, -0.15) is 19.5 Å². The highest BCUT2D eigenvalue weighted by atomic mass is 35.5. The summed E-state index contributed by atoms with van der Waals surface area (Å²) in [6.45, 7) is 1.88. The Morgan fingerprint density at radius 1 is 1.22 bits per heavy atom. The first-order valence-electron chi connectivity index (χ1n) is 9.51. The van der Waals surface area contributed by atoms with Crippen molar-refractivity contribution in [1.82, 2.24) is 39.7 Å². The van der Waals surface area contributed by atoms with Crippen molar-refractivity contribution in [2.24, 2.45) is 0 Å². The van der Waals surface area contributed by atoms with Gasteiger partial charge in [-0.25, -0.2) is 9.97 Å². The number of aromatic nitrogens is 8. The van der Waals surface area contributed by atoms with Crippen molar-refractivity contribution < 1.29 is 4.39 Å². The summed E-state index contributed by atoms with van der Waals surface area (Å²) in [5.41, 5.74) is 0.892. The predicted octanol–water partition coefficient (Wildman–Crippen LogP) is 3.78. The summed E-state index contributed by atoms with van der Waals surface area (Å²) >= 11 is 12.7. The Bertz CT molecular complexity index is 1510. The van der Waals surface area contributed by atoms with Crippen molar-refractivity contribution in [2.75, 3.05) is 5.32 Å². The van der Waals surface area contributed by atoms with Gasteiger partial charge in [0.1, 0.15) is 11.3 Å². The molecule has 1 aromatic carbocycles. The standard InChI is InChI=1S/C19H14Cl2FN9O/c1-2-11(27-16-14-15(24-7-23-14)29-19(22)30-16)17-28-13-10(21)4-3-9(20)12(13)18(32)31(17)8-5-25-26-6-8/h3-7,11H,2H2,1H3,(H,25,26)(H2,23,24,27,29,30). The minimum Gasteiger partial charge on any atom is -0.358 e. The van der Waals surface area contributed by atoms with Crippen LogP contribution in [0.15, 0.2) is 35.6 Å². The maximum absolute atomic E-state index is 14.0. The van der Waals surface area contributed by atoms with Gasteiger partial charge in [-0.05, 0) is 18.6 Å². The van der Waals surface area contributed by atoms with Crippen molar-refractivity contribution in [2.45, 2.75) is 19.4 Å². The summed E-state index contributed by atoms with van der Waals surface area (Å²) < 4.78 is 15.4. The van der Waals surface area contributed by atoms with Crippen molar-refractivity contribution in [3.8, 4) is 5.69 Å². The highest BCUT2D eigenvalue weighted by molar-refractivity contribution is 6.39. The molecule has 0 radical (unpaired) electrons. The lowest BCUT2D eigenvalue weighted by Gasteiger charge is -2.22. The molecule has 4 aromatic heterocycles. The average Bonchev–Trinajstić information content (AvgIpc) is 3.46. The molecule has 3 N–H and O–H groups in total. The van der Waals surface area contributed by atoms with E-state index in [0.717, 1.165) is 0 Å². The zero-order valence-electron chi connectivity index (χ0n) is 16.4. The number of rotatable bonds is 5. The van der Waals surface area contributed by atoms with E-state index < -0.39 is 17.7 Å². The topological polar surface area (TPSA) is 130 Å². The van der Waals surface area contributed by atoms with Gasteiger partial charge < -0.3 is 10.3 Å². The Balaban J connectivity index is 1.76. The number of H-pyrrole nitrogens is 2. The van der Waals surface area contributed by atoms with E-state index in [2.05, 4.69) is 40.4 Å². The molecule has 4 heterocycles. The van der Waals surface area contributed by atoms with E-state index in [1.165, 1.54) is 17.1 Å². The van der Waals surface area contributed by atoms with Gasteiger partial charge in [-0.3, -0.25) is 14.5 Å². The van der Waals surface area contributed by atoms with Crippen LogP contribution in [0.4, 0.5) is 10.2 Å². The second kappa shape index (κ2) is 7.84. The average molecular weight is 474 g/mol. The summed E-state index contributed by atoms with van der Waals surface area (Å²) in [4.78, 5) is 32.6. The Hall–Kier alpha value is -3.57. The zero-order chi connectivity index (χ0) is 22.4. The lowest BCUT2D eigenvalue weighted by atomic mass is 10.1. The molecule has 10 nitrogen and oxygen atoms in total. The molecule has 0 saturated carbocycles. The van der Waals surface area contributed by atoms with Gasteiger partial charge in [0, 0.05) is 6.20 Å². The second-order valence-electron chi connectivity index (χ2n) is 6.87. The van der Waals surface area contributed by atoms with Crippen LogP contribution in [0.25, 0.3) is 27.8 Å². The van der Waals surface area contributed by atoms with E-state index in [9.17, 15) is 9.18 Å². The van der Waals surface area contributed by atoms with Crippen LogP contribution < -0.4 is 10.9 Å². The monoisotopic (exact) mass is 473 g/mol. The highest BCUT2D eigenvalue weighted by Crippen LogP contribution is 2.30. The van der Waals surface area contributed by atoms with Gasteiger partial charge in [0.25, 0.3) is 5.56 Å². The first-order valence-corrected chi connectivity index (χ1v) is 10.3. The number of halogens is 3. The minimum atomic E-state index is -0.935. The van der Waals surface area contributed by atoms with Gasteiger partial charge >= 0.3 is 6.08 Å². The van der Waals surface area contributed by atoms with E-state index in [1.54, 1.807) is 18.3 Å². The van der Waals surface area contributed by atoms with Crippen LogP contribution >= 0.6 is 23.2 Å². The number of nitrogens with one attached hydrogen (secondary N) is 3. The summed E-state index contributed by atoms with van der Waals surface area (Å²) in [7, 11) is 0. The maximum Gasteiger partial charge on any atom is 0.312 e. The van der Waals surface area contributed by atoms with Crippen molar-refractivity contribution in [3.05, 3.63) is 63.2 Å². The number of anilines is 1. The Morgan fingerprint density at radius 3 is 2.78 bits per heavy atom. The van der Waals surface area contributed by atoms with Gasteiger partial charge in [0.2, 0.25) is 0 Å². The third kappa shape index (κ3) is 3.26. The normalized spacial score (nSPS) is 12.5. The van der Waals surface area contributed by atoms with E-state index in [0.29, 0.717) is 23.4 Å². The quantitative estimate of drug-likeness (QED) is 0.331. The number of fused-ring (bicyclic) bond motifs is 2. The SMILES string of the molecule is CCC(Nc1nc(F)nc2nc[nH]c12)c1nc2c(Cl)ccc(Cl)c2c(=O)n1-c1cn[nH]c1. The molecule has 0 aliphatic carbocycles. The largest absolute Gasteiger partial charge is 0.358 e.